The molecule has 0 aromatic rings. The molecule has 0 aliphatic carbocycles. The molecule has 0 saturated carbocycles. The summed E-state index contributed by atoms with van der Waals surface area (Å²) >= 11 is 0. The van der Waals surface area contributed by atoms with Crippen LogP contribution in [0.25, 0.3) is 0 Å². The van der Waals surface area contributed by atoms with E-state index in [9.17, 15) is 14.7 Å². The molecule has 6 nitrogen and oxygen atoms in total. The number of rotatable bonds is 8. The zero-order chi connectivity index (χ0) is 13.5. The maximum absolute atomic E-state index is 11.5. The smallest absolute Gasteiger partial charge is 0.306 e. The van der Waals surface area contributed by atoms with Gasteiger partial charge in [-0.2, -0.15) is 0 Å². The fourth-order valence-corrected chi connectivity index (χ4v) is 1.41. The van der Waals surface area contributed by atoms with Crippen LogP contribution in [-0.4, -0.2) is 40.8 Å². The maximum Gasteiger partial charge on any atom is 0.306 e. The van der Waals surface area contributed by atoms with Crippen LogP contribution in [0, 0.1) is 5.92 Å². The monoisotopic (exact) mass is 246 g/mol. The van der Waals surface area contributed by atoms with Gasteiger partial charge in [0.05, 0.1) is 12.0 Å². The number of carbonyl (C=O) groups is 2. The molecule has 2 unspecified atom stereocenters. The molecule has 0 aliphatic heterocycles. The first-order chi connectivity index (χ1) is 7.80. The van der Waals surface area contributed by atoms with E-state index in [1.807, 2.05) is 6.92 Å². The van der Waals surface area contributed by atoms with Crippen LogP contribution >= 0.6 is 0 Å². The van der Waals surface area contributed by atoms with Gasteiger partial charge in [-0.15, -0.1) is 0 Å². The minimum atomic E-state index is -1.42. The zero-order valence-corrected chi connectivity index (χ0v) is 10.4. The topological polar surface area (TPSA) is 113 Å². The molecule has 0 fully saturated rings. The van der Waals surface area contributed by atoms with E-state index in [1.165, 1.54) is 6.92 Å². The number of hydrogen-bond donors (Lipinski definition) is 4. The summed E-state index contributed by atoms with van der Waals surface area (Å²) in [6, 6.07) is 0. The average Bonchev–Trinajstić information content (AvgIpc) is 2.21. The molecule has 100 valence electrons. The number of amides is 1. The van der Waals surface area contributed by atoms with Crippen molar-refractivity contribution in [3.05, 3.63) is 0 Å². The lowest BCUT2D eigenvalue weighted by atomic mass is 10.0. The maximum atomic E-state index is 11.5. The quantitative estimate of drug-likeness (QED) is 0.470. The van der Waals surface area contributed by atoms with Crippen LogP contribution in [0.4, 0.5) is 0 Å². The first kappa shape index (κ1) is 15.9. The summed E-state index contributed by atoms with van der Waals surface area (Å²) < 4.78 is 0. The summed E-state index contributed by atoms with van der Waals surface area (Å²) in [7, 11) is 0. The molecule has 1 amide bonds. The predicted molar refractivity (Wildman–Crippen MR) is 63.3 cm³/mol. The molecule has 5 N–H and O–H groups in total. The number of carboxylic acid groups (broad SMARTS) is 1. The molecule has 0 rings (SSSR count). The number of carbonyl (C=O) groups excluding carboxylic acids is 1. The van der Waals surface area contributed by atoms with Crippen molar-refractivity contribution in [2.75, 3.05) is 13.1 Å². The molecule has 0 aliphatic rings. The van der Waals surface area contributed by atoms with Gasteiger partial charge < -0.3 is 21.3 Å². The second-order valence-electron chi connectivity index (χ2n) is 4.56. The molecule has 0 saturated heterocycles. The summed E-state index contributed by atoms with van der Waals surface area (Å²) in [5.74, 6) is -1.19. The van der Waals surface area contributed by atoms with E-state index in [4.69, 9.17) is 10.8 Å². The minimum Gasteiger partial charge on any atom is -0.481 e. The summed E-state index contributed by atoms with van der Waals surface area (Å²) in [5, 5.41) is 20.7. The number of aliphatic carboxylic acids is 1. The Bertz CT molecular complexity index is 262. The third-order valence-corrected chi connectivity index (χ3v) is 2.58. The van der Waals surface area contributed by atoms with E-state index in [2.05, 4.69) is 5.32 Å². The molecule has 0 aromatic heterocycles. The van der Waals surface area contributed by atoms with Gasteiger partial charge in [-0.1, -0.05) is 13.3 Å². The number of nitrogens with two attached hydrogens (primary N) is 1. The standard InChI is InChI=1S/C11H22N2O4/c1-3-8(6-12)4-9(14)13-7-11(2,17)5-10(15)16/h8,17H,3-7,12H2,1-2H3,(H,13,14)(H,15,16). The van der Waals surface area contributed by atoms with Crippen molar-refractivity contribution in [1.29, 1.82) is 0 Å². The highest BCUT2D eigenvalue weighted by Crippen LogP contribution is 2.09. The van der Waals surface area contributed by atoms with Gasteiger partial charge in [-0.05, 0) is 19.4 Å². The van der Waals surface area contributed by atoms with E-state index < -0.39 is 18.0 Å². The van der Waals surface area contributed by atoms with Crippen LogP contribution in [0.15, 0.2) is 0 Å². The van der Waals surface area contributed by atoms with Crippen LogP contribution in [-0.2, 0) is 9.59 Å². The van der Waals surface area contributed by atoms with Gasteiger partial charge in [0.15, 0.2) is 0 Å². The highest BCUT2D eigenvalue weighted by atomic mass is 16.4. The second kappa shape index (κ2) is 7.24. The van der Waals surface area contributed by atoms with Gasteiger partial charge in [0, 0.05) is 13.0 Å². The van der Waals surface area contributed by atoms with Gasteiger partial charge >= 0.3 is 5.97 Å². The predicted octanol–water partition coefficient (Wildman–Crippen LogP) is -0.297. The first-order valence-electron chi connectivity index (χ1n) is 5.71. The molecular formula is C11H22N2O4. The van der Waals surface area contributed by atoms with Crippen molar-refractivity contribution >= 4 is 11.9 Å². The molecule has 2 atom stereocenters. The van der Waals surface area contributed by atoms with Gasteiger partial charge in [0.2, 0.25) is 5.91 Å². The number of hydrogen-bond acceptors (Lipinski definition) is 4. The summed E-state index contributed by atoms with van der Waals surface area (Å²) in [4.78, 5) is 21.9. The molecule has 0 spiro atoms. The highest BCUT2D eigenvalue weighted by Gasteiger charge is 2.25. The van der Waals surface area contributed by atoms with E-state index >= 15 is 0 Å². The van der Waals surface area contributed by atoms with Crippen molar-refractivity contribution < 1.29 is 19.8 Å². The number of aliphatic hydroxyl groups is 1. The zero-order valence-electron chi connectivity index (χ0n) is 10.4. The summed E-state index contributed by atoms with van der Waals surface area (Å²) in [5.41, 5.74) is 4.05. The van der Waals surface area contributed by atoms with Crippen LogP contribution in [0.2, 0.25) is 0 Å². The van der Waals surface area contributed by atoms with Crippen molar-refractivity contribution in [3.8, 4) is 0 Å². The Balaban J connectivity index is 4.02. The Morgan fingerprint density at radius 2 is 2.06 bits per heavy atom. The summed E-state index contributed by atoms with van der Waals surface area (Å²) in [6.07, 6.45) is 0.715. The SMILES string of the molecule is CCC(CN)CC(=O)NCC(C)(O)CC(=O)O. The van der Waals surface area contributed by atoms with E-state index in [0.29, 0.717) is 13.0 Å². The average molecular weight is 246 g/mol. The molecule has 0 radical (unpaired) electrons. The third kappa shape index (κ3) is 7.70. The lowest BCUT2D eigenvalue weighted by molar-refractivity contribution is -0.142. The molecule has 0 bridgehead atoms. The van der Waals surface area contributed by atoms with Gasteiger partial charge in [0.1, 0.15) is 0 Å². The van der Waals surface area contributed by atoms with E-state index in [1.54, 1.807) is 0 Å². The molecule has 6 heteroatoms. The Morgan fingerprint density at radius 1 is 1.47 bits per heavy atom. The Labute approximate surface area is 101 Å². The Kier molecular flexibility index (Phi) is 6.75. The van der Waals surface area contributed by atoms with Crippen molar-refractivity contribution in [3.63, 3.8) is 0 Å². The van der Waals surface area contributed by atoms with Crippen molar-refractivity contribution in [2.45, 2.75) is 38.7 Å². The molecular weight excluding hydrogens is 224 g/mol. The van der Waals surface area contributed by atoms with E-state index in [-0.39, 0.29) is 18.4 Å². The molecule has 0 aromatic carbocycles. The Morgan fingerprint density at radius 3 is 2.47 bits per heavy atom. The minimum absolute atomic E-state index is 0.0703. The number of carboxylic acids is 1. The van der Waals surface area contributed by atoms with Gasteiger partial charge in [-0.25, -0.2) is 0 Å². The highest BCUT2D eigenvalue weighted by molar-refractivity contribution is 5.76. The molecule has 17 heavy (non-hydrogen) atoms. The largest absolute Gasteiger partial charge is 0.481 e. The second-order valence-corrected chi connectivity index (χ2v) is 4.56. The fraction of sp³-hybridized carbons (Fsp3) is 0.818. The van der Waals surface area contributed by atoms with Crippen molar-refractivity contribution in [2.24, 2.45) is 11.7 Å². The van der Waals surface area contributed by atoms with Gasteiger partial charge in [-0.3, -0.25) is 9.59 Å². The van der Waals surface area contributed by atoms with Crippen LogP contribution in [0.1, 0.15) is 33.1 Å². The lowest BCUT2D eigenvalue weighted by Gasteiger charge is -2.22. The number of nitrogens with one attached hydrogen (secondary N) is 1. The fourth-order valence-electron chi connectivity index (χ4n) is 1.41. The van der Waals surface area contributed by atoms with Crippen LogP contribution in [0.3, 0.4) is 0 Å². The van der Waals surface area contributed by atoms with Crippen LogP contribution in [0.5, 0.6) is 0 Å². The van der Waals surface area contributed by atoms with Gasteiger partial charge in [0.25, 0.3) is 0 Å². The van der Waals surface area contributed by atoms with E-state index in [0.717, 1.165) is 6.42 Å². The molecule has 0 heterocycles. The lowest BCUT2D eigenvalue weighted by Crippen LogP contribution is -2.42. The van der Waals surface area contributed by atoms with Crippen LogP contribution < -0.4 is 11.1 Å². The first-order valence-corrected chi connectivity index (χ1v) is 5.71. The third-order valence-electron chi connectivity index (χ3n) is 2.58. The normalized spacial score (nSPS) is 16.0. The summed E-state index contributed by atoms with van der Waals surface area (Å²) in [6.45, 7) is 3.70. The van der Waals surface area contributed by atoms with Crippen molar-refractivity contribution in [1.82, 2.24) is 5.32 Å². The Hall–Kier alpha value is -1.14.